The second kappa shape index (κ2) is 4.22. The van der Waals surface area contributed by atoms with E-state index in [-0.39, 0.29) is 5.82 Å². The van der Waals surface area contributed by atoms with Crippen molar-refractivity contribution in [1.29, 1.82) is 0 Å². The molecule has 0 saturated heterocycles. The summed E-state index contributed by atoms with van der Waals surface area (Å²) in [6.07, 6.45) is 0. The first-order chi connectivity index (χ1) is 6.68. The number of aromatic nitrogens is 2. The van der Waals surface area contributed by atoms with E-state index in [1.807, 2.05) is 27.8 Å². The van der Waals surface area contributed by atoms with Gasteiger partial charge in [0.25, 0.3) is 0 Å². The lowest BCUT2D eigenvalue weighted by atomic mass is 10.2. The van der Waals surface area contributed by atoms with Gasteiger partial charge in [0.15, 0.2) is 0 Å². The van der Waals surface area contributed by atoms with Gasteiger partial charge in [0.2, 0.25) is 0 Å². The van der Waals surface area contributed by atoms with Crippen LogP contribution >= 0.6 is 0 Å². The van der Waals surface area contributed by atoms with Crippen LogP contribution in [0.15, 0.2) is 18.2 Å². The Balaban J connectivity index is 0.000000461. The van der Waals surface area contributed by atoms with Gasteiger partial charge in [-0.25, -0.2) is 4.39 Å². The number of aryl methyl sites for hydroxylation is 2. The topological polar surface area (TPSA) is 17.8 Å². The van der Waals surface area contributed by atoms with Crippen LogP contribution in [0.25, 0.3) is 10.9 Å². The van der Waals surface area contributed by atoms with Gasteiger partial charge in [0.05, 0.1) is 11.2 Å². The van der Waals surface area contributed by atoms with Crippen molar-refractivity contribution >= 4 is 10.9 Å². The molecule has 14 heavy (non-hydrogen) atoms. The highest BCUT2D eigenvalue weighted by molar-refractivity contribution is 5.81. The van der Waals surface area contributed by atoms with Gasteiger partial charge in [0, 0.05) is 12.4 Å². The summed E-state index contributed by atoms with van der Waals surface area (Å²) in [5.74, 6) is -0.217. The van der Waals surface area contributed by atoms with E-state index in [2.05, 4.69) is 5.10 Å². The largest absolute Gasteiger partial charge is 0.268 e. The van der Waals surface area contributed by atoms with Crippen molar-refractivity contribution < 1.29 is 4.39 Å². The molecule has 1 aromatic heterocycles. The van der Waals surface area contributed by atoms with Crippen LogP contribution < -0.4 is 0 Å². The molecule has 0 saturated carbocycles. The second-order valence-corrected chi connectivity index (χ2v) is 2.87. The number of halogens is 1. The second-order valence-electron chi connectivity index (χ2n) is 2.87. The molecule has 76 valence electrons. The monoisotopic (exact) mass is 194 g/mol. The molecular formula is C11H15FN2. The van der Waals surface area contributed by atoms with E-state index in [0.717, 1.165) is 16.6 Å². The van der Waals surface area contributed by atoms with Crippen LogP contribution in [-0.4, -0.2) is 9.78 Å². The summed E-state index contributed by atoms with van der Waals surface area (Å²) in [6, 6.07) is 4.71. The molecule has 0 spiro atoms. The number of rotatable bonds is 0. The van der Waals surface area contributed by atoms with Crippen molar-refractivity contribution in [2.24, 2.45) is 7.05 Å². The van der Waals surface area contributed by atoms with Gasteiger partial charge in [0.1, 0.15) is 5.82 Å². The van der Waals surface area contributed by atoms with Crippen molar-refractivity contribution in [2.45, 2.75) is 20.8 Å². The molecule has 0 aliphatic carbocycles. The quantitative estimate of drug-likeness (QED) is 0.630. The van der Waals surface area contributed by atoms with E-state index < -0.39 is 0 Å². The van der Waals surface area contributed by atoms with Gasteiger partial charge >= 0.3 is 0 Å². The summed E-state index contributed by atoms with van der Waals surface area (Å²) in [7, 11) is 1.81. The first-order valence-electron chi connectivity index (χ1n) is 4.77. The van der Waals surface area contributed by atoms with Crippen LogP contribution in [0.4, 0.5) is 4.39 Å². The smallest absolute Gasteiger partial charge is 0.125 e. The van der Waals surface area contributed by atoms with E-state index >= 15 is 0 Å². The number of fused-ring (bicyclic) bond motifs is 1. The van der Waals surface area contributed by atoms with Crippen molar-refractivity contribution in [2.75, 3.05) is 0 Å². The molecule has 0 aliphatic rings. The molecule has 0 atom stereocenters. The predicted molar refractivity (Wildman–Crippen MR) is 56.8 cm³/mol. The molecule has 1 heterocycles. The van der Waals surface area contributed by atoms with Crippen LogP contribution in [0.3, 0.4) is 0 Å². The summed E-state index contributed by atoms with van der Waals surface area (Å²) < 4.78 is 14.5. The Bertz CT molecular complexity index is 432. The Hall–Kier alpha value is -1.38. The van der Waals surface area contributed by atoms with Gasteiger partial charge in [-0.3, -0.25) is 4.68 Å². The van der Waals surface area contributed by atoms with Gasteiger partial charge in [-0.05, 0) is 25.1 Å². The lowest BCUT2D eigenvalue weighted by Gasteiger charge is -1.92. The Kier molecular flexibility index (Phi) is 3.23. The highest BCUT2D eigenvalue weighted by Gasteiger charge is 2.04. The molecule has 0 bridgehead atoms. The highest BCUT2D eigenvalue weighted by atomic mass is 19.1. The lowest BCUT2D eigenvalue weighted by Crippen LogP contribution is -1.89. The third kappa shape index (κ3) is 1.76. The minimum Gasteiger partial charge on any atom is -0.268 e. The molecule has 0 fully saturated rings. The highest BCUT2D eigenvalue weighted by Crippen LogP contribution is 2.17. The van der Waals surface area contributed by atoms with Gasteiger partial charge in [-0.1, -0.05) is 13.8 Å². The third-order valence-corrected chi connectivity index (χ3v) is 2.00. The van der Waals surface area contributed by atoms with Crippen molar-refractivity contribution in [1.82, 2.24) is 9.78 Å². The molecule has 2 nitrogen and oxygen atoms in total. The summed E-state index contributed by atoms with van der Waals surface area (Å²) in [4.78, 5) is 0. The third-order valence-electron chi connectivity index (χ3n) is 2.00. The first kappa shape index (κ1) is 10.7. The summed E-state index contributed by atoms with van der Waals surface area (Å²) in [5, 5.41) is 5.19. The Morgan fingerprint density at radius 3 is 2.57 bits per heavy atom. The standard InChI is InChI=1S/C9H9FN2.C2H6/c1-6-8-4-3-7(10)5-9(8)12(2)11-6;1-2/h3-5H,1-2H3;1-2H3. The first-order valence-corrected chi connectivity index (χ1v) is 4.77. The van der Waals surface area contributed by atoms with Crippen molar-refractivity contribution in [3.8, 4) is 0 Å². The van der Waals surface area contributed by atoms with E-state index in [4.69, 9.17) is 0 Å². The maximum absolute atomic E-state index is 12.8. The zero-order valence-corrected chi connectivity index (χ0v) is 9.00. The summed E-state index contributed by atoms with van der Waals surface area (Å²) >= 11 is 0. The van der Waals surface area contributed by atoms with Crippen LogP contribution in [-0.2, 0) is 7.05 Å². The van der Waals surface area contributed by atoms with E-state index in [9.17, 15) is 4.39 Å². The van der Waals surface area contributed by atoms with Gasteiger partial charge in [-0.2, -0.15) is 5.10 Å². The minimum absolute atomic E-state index is 0.217. The maximum Gasteiger partial charge on any atom is 0.125 e. The maximum atomic E-state index is 12.8. The SMILES string of the molecule is CC.Cc1nn(C)c2cc(F)ccc12. The predicted octanol–water partition coefficient (Wildman–Crippen LogP) is 3.05. The van der Waals surface area contributed by atoms with Crippen molar-refractivity contribution in [3.05, 3.63) is 29.7 Å². The van der Waals surface area contributed by atoms with E-state index in [1.165, 1.54) is 12.1 Å². The lowest BCUT2D eigenvalue weighted by molar-refractivity contribution is 0.628. The molecule has 0 aliphatic heterocycles. The van der Waals surface area contributed by atoms with Crippen molar-refractivity contribution in [3.63, 3.8) is 0 Å². The zero-order valence-electron chi connectivity index (χ0n) is 9.00. The van der Waals surface area contributed by atoms with Gasteiger partial charge < -0.3 is 0 Å². The number of hydrogen-bond acceptors (Lipinski definition) is 1. The molecule has 0 radical (unpaired) electrons. The fourth-order valence-corrected chi connectivity index (χ4v) is 1.41. The zero-order chi connectivity index (χ0) is 10.7. The van der Waals surface area contributed by atoms with Crippen LogP contribution in [0, 0.1) is 12.7 Å². The number of benzene rings is 1. The number of hydrogen-bond donors (Lipinski definition) is 0. The molecule has 0 amide bonds. The molecule has 2 aromatic rings. The van der Waals surface area contributed by atoms with Gasteiger partial charge in [-0.15, -0.1) is 0 Å². The molecule has 0 unspecified atom stereocenters. The average Bonchev–Trinajstić information content (AvgIpc) is 2.46. The van der Waals surface area contributed by atoms with Crippen LogP contribution in [0.5, 0.6) is 0 Å². The van der Waals surface area contributed by atoms with Crippen LogP contribution in [0.2, 0.25) is 0 Å². The summed E-state index contributed by atoms with van der Waals surface area (Å²) in [5.41, 5.74) is 1.78. The van der Waals surface area contributed by atoms with E-state index in [0.29, 0.717) is 0 Å². The Labute approximate surface area is 83.4 Å². The fraction of sp³-hybridized carbons (Fsp3) is 0.364. The molecule has 1 aromatic carbocycles. The number of nitrogens with zero attached hydrogens (tertiary/aromatic N) is 2. The fourth-order valence-electron chi connectivity index (χ4n) is 1.41. The molecular weight excluding hydrogens is 179 g/mol. The average molecular weight is 194 g/mol. The molecule has 0 N–H and O–H groups in total. The Morgan fingerprint density at radius 1 is 1.29 bits per heavy atom. The summed E-state index contributed by atoms with van der Waals surface area (Å²) in [6.45, 7) is 5.92. The normalized spacial score (nSPS) is 9.79. The minimum atomic E-state index is -0.217. The molecule has 3 heteroatoms. The Morgan fingerprint density at radius 2 is 1.93 bits per heavy atom. The van der Waals surface area contributed by atoms with E-state index in [1.54, 1.807) is 10.7 Å². The van der Waals surface area contributed by atoms with Crippen LogP contribution in [0.1, 0.15) is 19.5 Å². The molecule has 2 rings (SSSR count).